The minimum Gasteiger partial charge on any atom is -0.341 e. The van der Waals surface area contributed by atoms with Gasteiger partial charge in [0.15, 0.2) is 4.77 Å². The summed E-state index contributed by atoms with van der Waals surface area (Å²) in [4.78, 5) is 2.32. The molecule has 2 rings (SSSR count). The predicted molar refractivity (Wildman–Crippen MR) is 82.2 cm³/mol. The fraction of sp³-hybridized carbons (Fsp3) is 0.857. The second-order valence-corrected chi connectivity index (χ2v) is 6.37. The molecular formula is C14H26N4S. The first-order valence-electron chi connectivity index (χ1n) is 7.44. The summed E-state index contributed by atoms with van der Waals surface area (Å²) in [5, 5.41) is 7.36. The van der Waals surface area contributed by atoms with Gasteiger partial charge in [0.2, 0.25) is 5.95 Å². The fourth-order valence-electron chi connectivity index (χ4n) is 3.11. The van der Waals surface area contributed by atoms with Crippen molar-refractivity contribution in [1.82, 2.24) is 14.8 Å². The standard InChI is InChI=1S/C14H26N4S/c1-5-11-6-8-12(9-7-11)17(4)13-15-16-14(19)18(13)10(2)3/h10-12H,5-9H2,1-4H3,(H,16,19). The van der Waals surface area contributed by atoms with Crippen molar-refractivity contribution in [2.75, 3.05) is 11.9 Å². The van der Waals surface area contributed by atoms with E-state index >= 15 is 0 Å². The highest BCUT2D eigenvalue weighted by molar-refractivity contribution is 7.71. The summed E-state index contributed by atoms with van der Waals surface area (Å²) in [6.45, 7) is 6.60. The van der Waals surface area contributed by atoms with Crippen LogP contribution in [-0.2, 0) is 0 Å². The van der Waals surface area contributed by atoms with Crippen LogP contribution in [0.15, 0.2) is 0 Å². The first-order valence-corrected chi connectivity index (χ1v) is 7.85. The van der Waals surface area contributed by atoms with Crippen molar-refractivity contribution in [3.63, 3.8) is 0 Å². The third kappa shape index (κ3) is 3.02. The zero-order valence-electron chi connectivity index (χ0n) is 12.5. The molecule has 0 atom stereocenters. The number of aromatic amines is 1. The van der Waals surface area contributed by atoms with Crippen LogP contribution in [0.1, 0.15) is 58.9 Å². The lowest BCUT2D eigenvalue weighted by Gasteiger charge is -2.35. The van der Waals surface area contributed by atoms with Gasteiger partial charge in [0.05, 0.1) is 0 Å². The first kappa shape index (κ1) is 14.6. The lowest BCUT2D eigenvalue weighted by molar-refractivity contribution is 0.310. The van der Waals surface area contributed by atoms with Gasteiger partial charge in [-0.15, -0.1) is 5.10 Å². The number of hydrogen-bond donors (Lipinski definition) is 1. The maximum atomic E-state index is 5.33. The van der Waals surface area contributed by atoms with Crippen molar-refractivity contribution >= 4 is 18.2 Å². The van der Waals surface area contributed by atoms with Crippen LogP contribution in [0, 0.1) is 10.7 Å². The van der Waals surface area contributed by atoms with E-state index in [9.17, 15) is 0 Å². The van der Waals surface area contributed by atoms with Crippen LogP contribution in [0.5, 0.6) is 0 Å². The molecule has 0 bridgehead atoms. The molecule has 1 N–H and O–H groups in total. The van der Waals surface area contributed by atoms with Crippen LogP contribution in [0.2, 0.25) is 0 Å². The number of nitrogens with zero attached hydrogens (tertiary/aromatic N) is 3. The van der Waals surface area contributed by atoms with E-state index in [4.69, 9.17) is 12.2 Å². The van der Waals surface area contributed by atoms with Crippen LogP contribution >= 0.6 is 12.2 Å². The highest BCUT2D eigenvalue weighted by Crippen LogP contribution is 2.31. The SMILES string of the molecule is CCC1CCC(N(C)c2n[nH]c(=S)n2C(C)C)CC1. The number of hydrogen-bond acceptors (Lipinski definition) is 3. The van der Waals surface area contributed by atoms with Crippen molar-refractivity contribution in [1.29, 1.82) is 0 Å². The topological polar surface area (TPSA) is 36.9 Å². The summed E-state index contributed by atoms with van der Waals surface area (Å²) < 4.78 is 2.83. The number of aromatic nitrogens is 3. The molecule has 19 heavy (non-hydrogen) atoms. The molecule has 0 spiro atoms. The molecule has 0 aliphatic heterocycles. The maximum Gasteiger partial charge on any atom is 0.225 e. The van der Waals surface area contributed by atoms with Gasteiger partial charge in [0.25, 0.3) is 0 Å². The van der Waals surface area contributed by atoms with E-state index in [1.165, 1.54) is 32.1 Å². The van der Waals surface area contributed by atoms with Gasteiger partial charge >= 0.3 is 0 Å². The van der Waals surface area contributed by atoms with Crippen LogP contribution in [0.25, 0.3) is 0 Å². The largest absolute Gasteiger partial charge is 0.341 e. The van der Waals surface area contributed by atoms with Gasteiger partial charge in [-0.25, -0.2) is 5.10 Å². The normalized spacial score (nSPS) is 23.8. The number of H-pyrrole nitrogens is 1. The lowest BCUT2D eigenvalue weighted by Crippen LogP contribution is -2.37. The molecule has 1 fully saturated rings. The molecule has 5 heteroatoms. The average Bonchev–Trinajstić information content (AvgIpc) is 2.80. The van der Waals surface area contributed by atoms with Gasteiger partial charge < -0.3 is 4.90 Å². The summed E-state index contributed by atoms with van der Waals surface area (Å²) in [5.74, 6) is 1.91. The number of anilines is 1. The Hall–Kier alpha value is -0.840. The van der Waals surface area contributed by atoms with Crippen molar-refractivity contribution < 1.29 is 0 Å². The van der Waals surface area contributed by atoms with Crippen molar-refractivity contribution in [3.05, 3.63) is 4.77 Å². The van der Waals surface area contributed by atoms with E-state index in [0.717, 1.165) is 16.6 Å². The maximum absolute atomic E-state index is 5.33. The minimum absolute atomic E-state index is 0.343. The molecular weight excluding hydrogens is 256 g/mol. The van der Waals surface area contributed by atoms with Gasteiger partial charge in [0.1, 0.15) is 0 Å². The van der Waals surface area contributed by atoms with Gasteiger partial charge in [-0.3, -0.25) is 4.57 Å². The minimum atomic E-state index is 0.343. The van der Waals surface area contributed by atoms with Crippen molar-refractivity contribution in [2.24, 2.45) is 5.92 Å². The monoisotopic (exact) mass is 282 g/mol. The summed E-state index contributed by atoms with van der Waals surface area (Å²) in [6.07, 6.45) is 6.55. The molecule has 0 amide bonds. The summed E-state index contributed by atoms with van der Waals surface area (Å²) in [7, 11) is 2.15. The first-order chi connectivity index (χ1) is 9.04. The Morgan fingerprint density at radius 2 is 2.00 bits per heavy atom. The Bertz CT molecular complexity index is 454. The Balaban J connectivity index is 2.12. The Morgan fingerprint density at radius 3 is 2.53 bits per heavy atom. The molecule has 1 heterocycles. The van der Waals surface area contributed by atoms with Gasteiger partial charge in [-0.1, -0.05) is 13.3 Å². The highest BCUT2D eigenvalue weighted by atomic mass is 32.1. The van der Waals surface area contributed by atoms with Crippen LogP contribution in [0.3, 0.4) is 0 Å². The number of nitrogens with one attached hydrogen (secondary N) is 1. The van der Waals surface area contributed by atoms with E-state index in [0.29, 0.717) is 12.1 Å². The smallest absolute Gasteiger partial charge is 0.225 e. The molecule has 1 aromatic rings. The van der Waals surface area contributed by atoms with Crippen LogP contribution in [0.4, 0.5) is 5.95 Å². The van der Waals surface area contributed by atoms with Crippen LogP contribution < -0.4 is 4.90 Å². The quantitative estimate of drug-likeness (QED) is 0.850. The second-order valence-electron chi connectivity index (χ2n) is 5.99. The van der Waals surface area contributed by atoms with E-state index in [2.05, 4.69) is 47.5 Å². The zero-order chi connectivity index (χ0) is 14.0. The molecule has 0 radical (unpaired) electrons. The lowest BCUT2D eigenvalue weighted by atomic mass is 9.84. The van der Waals surface area contributed by atoms with Gasteiger partial charge in [-0.2, -0.15) is 0 Å². The predicted octanol–water partition coefficient (Wildman–Crippen LogP) is 3.93. The van der Waals surface area contributed by atoms with E-state index < -0.39 is 0 Å². The van der Waals surface area contributed by atoms with E-state index in [1.54, 1.807) is 0 Å². The molecule has 1 saturated carbocycles. The summed E-state index contributed by atoms with van der Waals surface area (Å²) in [6, 6.07) is 0.946. The molecule has 4 nitrogen and oxygen atoms in total. The third-order valence-electron chi connectivity index (χ3n) is 4.46. The van der Waals surface area contributed by atoms with Crippen molar-refractivity contribution in [3.8, 4) is 0 Å². The van der Waals surface area contributed by atoms with Crippen LogP contribution in [-0.4, -0.2) is 27.9 Å². The van der Waals surface area contributed by atoms with Gasteiger partial charge in [-0.05, 0) is 57.7 Å². The Kier molecular flexibility index (Phi) is 4.66. The highest BCUT2D eigenvalue weighted by Gasteiger charge is 2.26. The molecule has 0 unspecified atom stereocenters. The molecule has 1 aliphatic carbocycles. The fourth-order valence-corrected chi connectivity index (χ4v) is 3.45. The van der Waals surface area contributed by atoms with E-state index in [1.807, 2.05) is 0 Å². The zero-order valence-corrected chi connectivity index (χ0v) is 13.3. The molecule has 0 saturated heterocycles. The average molecular weight is 282 g/mol. The number of rotatable bonds is 4. The molecule has 1 aliphatic rings. The third-order valence-corrected chi connectivity index (χ3v) is 4.75. The Labute approximate surface area is 121 Å². The summed E-state index contributed by atoms with van der Waals surface area (Å²) in [5.41, 5.74) is 0. The summed E-state index contributed by atoms with van der Waals surface area (Å²) >= 11 is 5.33. The molecule has 0 aromatic carbocycles. The van der Waals surface area contributed by atoms with Crippen molar-refractivity contribution in [2.45, 2.75) is 65.0 Å². The second kappa shape index (κ2) is 6.07. The Morgan fingerprint density at radius 1 is 1.37 bits per heavy atom. The van der Waals surface area contributed by atoms with Gasteiger partial charge in [0, 0.05) is 19.1 Å². The molecule has 1 aromatic heterocycles. The van der Waals surface area contributed by atoms with E-state index in [-0.39, 0.29) is 0 Å². The molecule has 108 valence electrons.